The van der Waals surface area contributed by atoms with E-state index in [0.717, 1.165) is 6.26 Å². The predicted octanol–water partition coefficient (Wildman–Crippen LogP) is 0.734. The summed E-state index contributed by atoms with van der Waals surface area (Å²) in [6.45, 7) is 1.82. The van der Waals surface area contributed by atoms with E-state index in [4.69, 9.17) is 5.73 Å². The molecule has 0 unspecified atom stereocenters. The second-order valence-electron chi connectivity index (χ2n) is 3.96. The van der Waals surface area contributed by atoms with Gasteiger partial charge in [-0.2, -0.15) is 0 Å². The lowest BCUT2D eigenvalue weighted by Crippen LogP contribution is -2.34. The molecule has 0 heterocycles. The highest BCUT2D eigenvalue weighted by Crippen LogP contribution is 2.14. The highest BCUT2D eigenvalue weighted by atomic mass is 32.2. The van der Waals surface area contributed by atoms with Crippen LogP contribution in [0, 0.1) is 0 Å². The normalized spacial score (nSPS) is 12.8. The Morgan fingerprint density at radius 2 is 1.78 bits per heavy atom. The summed E-state index contributed by atoms with van der Waals surface area (Å²) >= 11 is 0. The van der Waals surface area contributed by atoms with Crippen LogP contribution in [0.2, 0.25) is 0 Å². The fraction of sp³-hybridized carbons (Fsp3) is 0.364. The number of benzene rings is 1. The van der Waals surface area contributed by atoms with Crippen molar-refractivity contribution in [2.45, 2.75) is 19.4 Å². The number of rotatable bonds is 5. The van der Waals surface area contributed by atoms with E-state index in [9.17, 15) is 13.2 Å². The van der Waals surface area contributed by atoms with E-state index in [0.29, 0.717) is 17.8 Å². The van der Waals surface area contributed by atoms with E-state index in [1.165, 1.54) is 0 Å². The molecule has 18 heavy (non-hydrogen) atoms. The standard InChI is InChI=1S/C11H17N3O3S/c1-3-10(12)11(15)13-8-4-6-9(7-5-8)14-18(2,16)17/h4-7,10,14H,3,12H2,1-2H3,(H,13,15)/t10-/m0/s1. The summed E-state index contributed by atoms with van der Waals surface area (Å²) in [4.78, 5) is 11.5. The maximum atomic E-state index is 11.5. The summed E-state index contributed by atoms with van der Waals surface area (Å²) in [6.07, 6.45) is 1.63. The number of amides is 1. The van der Waals surface area contributed by atoms with Gasteiger partial charge in [0.2, 0.25) is 15.9 Å². The first-order valence-corrected chi connectivity index (χ1v) is 7.35. The number of sulfonamides is 1. The lowest BCUT2D eigenvalue weighted by molar-refractivity contribution is -0.117. The van der Waals surface area contributed by atoms with Crippen LogP contribution in [0.5, 0.6) is 0 Å². The van der Waals surface area contributed by atoms with E-state index in [1.54, 1.807) is 24.3 Å². The van der Waals surface area contributed by atoms with Crippen LogP contribution >= 0.6 is 0 Å². The predicted molar refractivity (Wildman–Crippen MR) is 71.8 cm³/mol. The maximum Gasteiger partial charge on any atom is 0.241 e. The largest absolute Gasteiger partial charge is 0.325 e. The molecule has 0 saturated carbocycles. The van der Waals surface area contributed by atoms with Crippen LogP contribution in [0.4, 0.5) is 11.4 Å². The molecule has 0 aliphatic carbocycles. The van der Waals surface area contributed by atoms with Crippen molar-refractivity contribution < 1.29 is 13.2 Å². The number of hydrogen-bond donors (Lipinski definition) is 3. The van der Waals surface area contributed by atoms with Crippen molar-refractivity contribution >= 4 is 27.3 Å². The first-order valence-electron chi connectivity index (χ1n) is 5.46. The van der Waals surface area contributed by atoms with E-state index < -0.39 is 16.1 Å². The molecule has 0 spiro atoms. The minimum atomic E-state index is -3.29. The Balaban J connectivity index is 2.69. The van der Waals surface area contributed by atoms with Crippen molar-refractivity contribution in [3.63, 3.8) is 0 Å². The highest BCUT2D eigenvalue weighted by molar-refractivity contribution is 7.92. The number of carbonyl (C=O) groups excluding carboxylic acids is 1. The maximum absolute atomic E-state index is 11.5. The van der Waals surface area contributed by atoms with Crippen molar-refractivity contribution in [1.29, 1.82) is 0 Å². The Morgan fingerprint density at radius 3 is 2.22 bits per heavy atom. The van der Waals surface area contributed by atoms with Crippen LogP contribution in [0.15, 0.2) is 24.3 Å². The Bertz CT molecular complexity index is 511. The number of hydrogen-bond acceptors (Lipinski definition) is 4. The van der Waals surface area contributed by atoms with Gasteiger partial charge in [0.1, 0.15) is 0 Å². The second-order valence-corrected chi connectivity index (χ2v) is 5.70. The SMILES string of the molecule is CC[C@H](N)C(=O)Nc1ccc(NS(C)(=O)=O)cc1. The molecule has 0 radical (unpaired) electrons. The Morgan fingerprint density at radius 1 is 1.28 bits per heavy atom. The molecule has 0 saturated heterocycles. The zero-order valence-electron chi connectivity index (χ0n) is 10.3. The van der Waals surface area contributed by atoms with Gasteiger partial charge in [-0.1, -0.05) is 6.92 Å². The van der Waals surface area contributed by atoms with E-state index in [1.807, 2.05) is 6.92 Å². The highest BCUT2D eigenvalue weighted by Gasteiger charge is 2.10. The van der Waals surface area contributed by atoms with Crippen molar-refractivity contribution in [3.8, 4) is 0 Å². The molecule has 100 valence electrons. The third-order valence-corrected chi connectivity index (χ3v) is 2.84. The van der Waals surface area contributed by atoms with E-state index in [-0.39, 0.29) is 5.91 Å². The van der Waals surface area contributed by atoms with Gasteiger partial charge in [-0.25, -0.2) is 8.42 Å². The topological polar surface area (TPSA) is 101 Å². The molecule has 1 aromatic carbocycles. The lowest BCUT2D eigenvalue weighted by Gasteiger charge is -2.10. The van der Waals surface area contributed by atoms with Gasteiger partial charge in [0.05, 0.1) is 12.3 Å². The summed E-state index contributed by atoms with van der Waals surface area (Å²) in [6, 6.07) is 5.79. The first-order chi connectivity index (χ1) is 8.31. The van der Waals surface area contributed by atoms with Crippen LogP contribution in [-0.4, -0.2) is 26.6 Å². The molecule has 0 aromatic heterocycles. The molecular formula is C11H17N3O3S. The Kier molecular flexibility index (Phi) is 4.69. The van der Waals surface area contributed by atoms with E-state index in [2.05, 4.69) is 10.0 Å². The van der Waals surface area contributed by atoms with Crippen LogP contribution in [-0.2, 0) is 14.8 Å². The molecule has 4 N–H and O–H groups in total. The molecule has 0 aliphatic rings. The summed E-state index contributed by atoms with van der Waals surface area (Å²) in [5.74, 6) is -0.263. The zero-order valence-corrected chi connectivity index (χ0v) is 11.1. The fourth-order valence-electron chi connectivity index (χ4n) is 1.26. The van der Waals surface area contributed by atoms with Crippen molar-refractivity contribution in [2.75, 3.05) is 16.3 Å². The molecule has 7 heteroatoms. The smallest absolute Gasteiger partial charge is 0.241 e. The van der Waals surface area contributed by atoms with Gasteiger partial charge in [-0.15, -0.1) is 0 Å². The number of nitrogens with one attached hydrogen (secondary N) is 2. The minimum absolute atomic E-state index is 0.263. The molecule has 1 atom stereocenters. The summed E-state index contributed by atoms with van der Waals surface area (Å²) in [5.41, 5.74) is 6.59. The van der Waals surface area contributed by atoms with Crippen LogP contribution in [0.3, 0.4) is 0 Å². The minimum Gasteiger partial charge on any atom is -0.325 e. The third kappa shape index (κ3) is 4.72. The van der Waals surface area contributed by atoms with Gasteiger partial charge in [0.15, 0.2) is 0 Å². The van der Waals surface area contributed by atoms with Crippen LogP contribution in [0.1, 0.15) is 13.3 Å². The molecule has 1 rings (SSSR count). The molecule has 0 bridgehead atoms. The van der Waals surface area contributed by atoms with Gasteiger partial charge < -0.3 is 11.1 Å². The number of anilines is 2. The summed E-state index contributed by atoms with van der Waals surface area (Å²) in [5, 5.41) is 2.64. The number of carbonyl (C=O) groups is 1. The van der Waals surface area contributed by atoms with Gasteiger partial charge in [0.25, 0.3) is 0 Å². The molecule has 6 nitrogen and oxygen atoms in total. The fourth-order valence-corrected chi connectivity index (χ4v) is 1.82. The monoisotopic (exact) mass is 271 g/mol. The Hall–Kier alpha value is -1.60. The second kappa shape index (κ2) is 5.83. The van der Waals surface area contributed by atoms with Gasteiger partial charge in [-0.3, -0.25) is 9.52 Å². The summed E-state index contributed by atoms with van der Waals surface area (Å²) in [7, 11) is -3.29. The lowest BCUT2D eigenvalue weighted by atomic mass is 10.2. The van der Waals surface area contributed by atoms with Crippen LogP contribution in [0.25, 0.3) is 0 Å². The molecular weight excluding hydrogens is 254 g/mol. The van der Waals surface area contributed by atoms with E-state index >= 15 is 0 Å². The number of nitrogens with two attached hydrogens (primary N) is 1. The molecule has 0 aliphatic heterocycles. The molecule has 1 amide bonds. The molecule has 0 fully saturated rings. The average Bonchev–Trinajstić information content (AvgIpc) is 2.28. The Labute approximate surface area is 107 Å². The van der Waals surface area contributed by atoms with Gasteiger partial charge in [0, 0.05) is 11.4 Å². The average molecular weight is 271 g/mol. The third-order valence-electron chi connectivity index (χ3n) is 2.23. The first kappa shape index (κ1) is 14.5. The van der Waals surface area contributed by atoms with Gasteiger partial charge in [-0.05, 0) is 30.7 Å². The van der Waals surface area contributed by atoms with Gasteiger partial charge >= 0.3 is 0 Å². The quantitative estimate of drug-likeness (QED) is 0.735. The van der Waals surface area contributed by atoms with Crippen molar-refractivity contribution in [1.82, 2.24) is 0 Å². The summed E-state index contributed by atoms with van der Waals surface area (Å²) < 4.78 is 24.3. The van der Waals surface area contributed by atoms with Crippen molar-refractivity contribution in [2.24, 2.45) is 5.73 Å². The zero-order chi connectivity index (χ0) is 13.8. The van der Waals surface area contributed by atoms with Crippen molar-refractivity contribution in [3.05, 3.63) is 24.3 Å². The molecule has 1 aromatic rings. The van der Waals surface area contributed by atoms with Crippen LogP contribution < -0.4 is 15.8 Å².